The molecule has 1 aliphatic heterocycles. The average molecular weight is 269 g/mol. The van der Waals surface area contributed by atoms with Gasteiger partial charge in [-0.3, -0.25) is 0 Å². The zero-order chi connectivity index (χ0) is 13.1. The monoisotopic (exact) mass is 268 g/mol. The molecule has 2 rings (SSSR count). The molecule has 4 heteroatoms. The molecule has 0 saturated carbocycles. The molecule has 1 fully saturated rings. The van der Waals surface area contributed by atoms with Gasteiger partial charge in [-0.05, 0) is 44.5 Å². The third kappa shape index (κ3) is 2.97. The van der Waals surface area contributed by atoms with Crippen molar-refractivity contribution in [2.75, 3.05) is 24.5 Å². The van der Waals surface area contributed by atoms with Crippen LogP contribution in [0.2, 0.25) is 5.02 Å². The van der Waals surface area contributed by atoms with Gasteiger partial charge in [-0.15, -0.1) is 0 Å². The standard InChI is InChI=1S/C14H21ClN2O/c1-10-8-17(9-11(2)18-10)14-5-3-4-13(15)12(14)6-7-16/h3-5,10-11H,6-9,16H2,1-2H3/t10-,11+. The number of ether oxygens (including phenoxy) is 1. The normalized spacial score (nSPS) is 24.3. The molecular weight excluding hydrogens is 248 g/mol. The van der Waals surface area contributed by atoms with Crippen molar-refractivity contribution >= 4 is 17.3 Å². The Morgan fingerprint density at radius 2 is 2.00 bits per heavy atom. The fraction of sp³-hybridized carbons (Fsp3) is 0.571. The van der Waals surface area contributed by atoms with E-state index in [-0.39, 0.29) is 12.2 Å². The Balaban J connectivity index is 2.29. The summed E-state index contributed by atoms with van der Waals surface area (Å²) in [7, 11) is 0. The van der Waals surface area contributed by atoms with E-state index in [1.165, 1.54) is 5.69 Å². The Morgan fingerprint density at radius 3 is 2.61 bits per heavy atom. The molecule has 1 aromatic rings. The van der Waals surface area contributed by atoms with Crippen molar-refractivity contribution < 1.29 is 4.74 Å². The van der Waals surface area contributed by atoms with Crippen LogP contribution in [0.15, 0.2) is 18.2 Å². The minimum absolute atomic E-state index is 0.249. The van der Waals surface area contributed by atoms with E-state index in [4.69, 9.17) is 22.1 Å². The second-order valence-corrected chi connectivity index (χ2v) is 5.35. The highest BCUT2D eigenvalue weighted by Crippen LogP contribution is 2.30. The van der Waals surface area contributed by atoms with Gasteiger partial charge in [0.1, 0.15) is 0 Å². The second kappa shape index (κ2) is 5.91. The van der Waals surface area contributed by atoms with Crippen LogP contribution in [-0.2, 0) is 11.2 Å². The molecule has 1 heterocycles. The molecule has 1 saturated heterocycles. The van der Waals surface area contributed by atoms with Gasteiger partial charge in [-0.1, -0.05) is 17.7 Å². The summed E-state index contributed by atoms with van der Waals surface area (Å²) in [6, 6.07) is 6.06. The number of nitrogens with zero attached hydrogens (tertiary/aromatic N) is 1. The van der Waals surface area contributed by atoms with Crippen LogP contribution in [0.1, 0.15) is 19.4 Å². The van der Waals surface area contributed by atoms with Crippen molar-refractivity contribution in [1.29, 1.82) is 0 Å². The summed E-state index contributed by atoms with van der Waals surface area (Å²) in [6.07, 6.45) is 1.31. The largest absolute Gasteiger partial charge is 0.372 e. The summed E-state index contributed by atoms with van der Waals surface area (Å²) in [5.41, 5.74) is 8.04. The van der Waals surface area contributed by atoms with E-state index < -0.39 is 0 Å². The Hall–Kier alpha value is -0.770. The summed E-state index contributed by atoms with van der Waals surface area (Å²) in [5, 5.41) is 0.810. The van der Waals surface area contributed by atoms with Crippen molar-refractivity contribution in [1.82, 2.24) is 0 Å². The molecule has 0 aliphatic carbocycles. The molecule has 0 bridgehead atoms. The van der Waals surface area contributed by atoms with Crippen LogP contribution < -0.4 is 10.6 Å². The van der Waals surface area contributed by atoms with Gasteiger partial charge < -0.3 is 15.4 Å². The molecule has 18 heavy (non-hydrogen) atoms. The summed E-state index contributed by atoms with van der Waals surface area (Å²) < 4.78 is 5.77. The van der Waals surface area contributed by atoms with E-state index in [9.17, 15) is 0 Å². The van der Waals surface area contributed by atoms with Gasteiger partial charge in [0.25, 0.3) is 0 Å². The second-order valence-electron chi connectivity index (χ2n) is 4.94. The van der Waals surface area contributed by atoms with Crippen LogP contribution in [-0.4, -0.2) is 31.8 Å². The Kier molecular flexibility index (Phi) is 4.49. The predicted octanol–water partition coefficient (Wildman–Crippen LogP) is 2.45. The number of halogens is 1. The van der Waals surface area contributed by atoms with Gasteiger partial charge >= 0.3 is 0 Å². The average Bonchev–Trinajstić information content (AvgIpc) is 2.30. The maximum atomic E-state index is 6.29. The van der Waals surface area contributed by atoms with E-state index in [0.717, 1.165) is 30.1 Å². The molecule has 1 aromatic carbocycles. The molecule has 2 atom stereocenters. The van der Waals surface area contributed by atoms with E-state index in [1.54, 1.807) is 0 Å². The Morgan fingerprint density at radius 1 is 1.33 bits per heavy atom. The van der Waals surface area contributed by atoms with Crippen LogP contribution in [0.25, 0.3) is 0 Å². The van der Waals surface area contributed by atoms with Crippen molar-refractivity contribution in [3.8, 4) is 0 Å². The lowest BCUT2D eigenvalue weighted by Gasteiger charge is -2.38. The molecular formula is C14H21ClN2O. The zero-order valence-corrected chi connectivity index (χ0v) is 11.8. The highest BCUT2D eigenvalue weighted by atomic mass is 35.5. The van der Waals surface area contributed by atoms with Gasteiger partial charge in [0.05, 0.1) is 12.2 Å². The molecule has 0 radical (unpaired) electrons. The lowest BCUT2D eigenvalue weighted by atomic mass is 10.1. The lowest BCUT2D eigenvalue weighted by molar-refractivity contribution is -0.00525. The third-order valence-electron chi connectivity index (χ3n) is 3.25. The van der Waals surface area contributed by atoms with Crippen LogP contribution in [0.4, 0.5) is 5.69 Å². The van der Waals surface area contributed by atoms with E-state index in [1.807, 2.05) is 12.1 Å². The molecule has 100 valence electrons. The number of nitrogens with two attached hydrogens (primary N) is 1. The first kappa shape index (κ1) is 13.7. The lowest BCUT2D eigenvalue weighted by Crippen LogP contribution is -2.45. The van der Waals surface area contributed by atoms with E-state index in [0.29, 0.717) is 6.54 Å². The van der Waals surface area contributed by atoms with E-state index in [2.05, 4.69) is 24.8 Å². The fourth-order valence-electron chi connectivity index (χ4n) is 2.61. The quantitative estimate of drug-likeness (QED) is 0.915. The fourth-order valence-corrected chi connectivity index (χ4v) is 2.87. The zero-order valence-electron chi connectivity index (χ0n) is 11.0. The van der Waals surface area contributed by atoms with E-state index >= 15 is 0 Å². The molecule has 2 N–H and O–H groups in total. The minimum Gasteiger partial charge on any atom is -0.372 e. The first-order valence-corrected chi connectivity index (χ1v) is 6.87. The molecule has 0 aromatic heterocycles. The topological polar surface area (TPSA) is 38.5 Å². The van der Waals surface area contributed by atoms with Gasteiger partial charge in [0, 0.05) is 23.8 Å². The maximum absolute atomic E-state index is 6.29. The molecule has 0 spiro atoms. The van der Waals surface area contributed by atoms with Crippen molar-refractivity contribution in [2.24, 2.45) is 5.73 Å². The van der Waals surface area contributed by atoms with Crippen molar-refractivity contribution in [3.63, 3.8) is 0 Å². The summed E-state index contributed by atoms with van der Waals surface area (Å²) in [5.74, 6) is 0. The van der Waals surface area contributed by atoms with Gasteiger partial charge in [0.2, 0.25) is 0 Å². The maximum Gasteiger partial charge on any atom is 0.0726 e. The number of benzene rings is 1. The van der Waals surface area contributed by atoms with Crippen LogP contribution in [0.5, 0.6) is 0 Å². The van der Waals surface area contributed by atoms with Gasteiger partial charge in [-0.25, -0.2) is 0 Å². The minimum atomic E-state index is 0.249. The predicted molar refractivity (Wildman–Crippen MR) is 76.4 cm³/mol. The van der Waals surface area contributed by atoms with Crippen molar-refractivity contribution in [3.05, 3.63) is 28.8 Å². The number of anilines is 1. The molecule has 3 nitrogen and oxygen atoms in total. The number of hydrogen-bond donors (Lipinski definition) is 1. The smallest absolute Gasteiger partial charge is 0.0726 e. The van der Waals surface area contributed by atoms with Gasteiger partial charge in [-0.2, -0.15) is 0 Å². The summed E-state index contributed by atoms with van der Waals surface area (Å²) >= 11 is 6.29. The summed E-state index contributed by atoms with van der Waals surface area (Å²) in [6.45, 7) is 6.64. The molecule has 0 amide bonds. The molecule has 0 unspecified atom stereocenters. The third-order valence-corrected chi connectivity index (χ3v) is 3.60. The highest BCUT2D eigenvalue weighted by Gasteiger charge is 2.24. The Bertz CT molecular complexity index is 401. The molecule has 1 aliphatic rings. The van der Waals surface area contributed by atoms with Crippen LogP contribution >= 0.6 is 11.6 Å². The number of hydrogen-bond acceptors (Lipinski definition) is 3. The Labute approximate surface area is 114 Å². The van der Waals surface area contributed by atoms with Crippen LogP contribution in [0.3, 0.4) is 0 Å². The number of morpholine rings is 1. The SMILES string of the molecule is C[C@@H]1CN(c2cccc(Cl)c2CCN)C[C@H](C)O1. The first-order valence-electron chi connectivity index (χ1n) is 6.49. The van der Waals surface area contributed by atoms with Crippen molar-refractivity contribution in [2.45, 2.75) is 32.5 Å². The highest BCUT2D eigenvalue weighted by molar-refractivity contribution is 6.31. The number of rotatable bonds is 3. The first-order chi connectivity index (χ1) is 8.61. The van der Waals surface area contributed by atoms with Gasteiger partial charge in [0.15, 0.2) is 0 Å². The van der Waals surface area contributed by atoms with Crippen LogP contribution in [0, 0.1) is 0 Å². The summed E-state index contributed by atoms with van der Waals surface area (Å²) in [4.78, 5) is 2.36.